The van der Waals surface area contributed by atoms with Gasteiger partial charge < -0.3 is 10.2 Å². The van der Waals surface area contributed by atoms with Gasteiger partial charge in [0.2, 0.25) is 0 Å². The number of nitro groups is 1. The molecule has 3 rings (SSSR count). The fraction of sp³-hybridized carbons (Fsp3) is 0.438. The van der Waals surface area contributed by atoms with Crippen molar-refractivity contribution in [3.63, 3.8) is 0 Å². The third-order valence-electron chi connectivity index (χ3n) is 4.29. The molecule has 3 amide bonds. The molecule has 0 unspecified atom stereocenters. The molecule has 1 aromatic rings. The minimum Gasteiger partial charge on any atom is -0.371 e. The first-order valence-electron chi connectivity index (χ1n) is 8.40. The second kappa shape index (κ2) is 7.38. The number of nitrogens with zero attached hydrogens (tertiary/aromatic N) is 2. The summed E-state index contributed by atoms with van der Waals surface area (Å²) in [4.78, 5) is 48.1. The Balaban J connectivity index is 1.71. The lowest BCUT2D eigenvalue weighted by atomic mass is 10.1. The van der Waals surface area contributed by atoms with Crippen molar-refractivity contribution >= 4 is 29.1 Å². The quantitative estimate of drug-likeness (QED) is 0.399. The molecule has 3 N–H and O–H groups in total. The summed E-state index contributed by atoms with van der Waals surface area (Å²) in [6, 6.07) is 4.05. The van der Waals surface area contributed by atoms with E-state index in [-0.39, 0.29) is 17.3 Å². The van der Waals surface area contributed by atoms with Crippen molar-refractivity contribution in [2.75, 3.05) is 18.0 Å². The van der Waals surface area contributed by atoms with Gasteiger partial charge >= 0.3 is 11.8 Å². The first-order valence-corrected chi connectivity index (χ1v) is 8.40. The zero-order valence-corrected chi connectivity index (χ0v) is 14.0. The molecule has 1 heterocycles. The summed E-state index contributed by atoms with van der Waals surface area (Å²) < 4.78 is 0. The van der Waals surface area contributed by atoms with E-state index in [1.54, 1.807) is 0 Å². The Kier molecular flexibility index (Phi) is 5.01. The van der Waals surface area contributed by atoms with Crippen LogP contribution in [0.5, 0.6) is 0 Å². The van der Waals surface area contributed by atoms with Gasteiger partial charge in [0.05, 0.1) is 16.2 Å². The highest BCUT2D eigenvalue weighted by molar-refractivity contribution is 6.35. The van der Waals surface area contributed by atoms with E-state index >= 15 is 0 Å². The molecule has 1 saturated carbocycles. The van der Waals surface area contributed by atoms with Gasteiger partial charge in [-0.3, -0.25) is 35.3 Å². The summed E-state index contributed by atoms with van der Waals surface area (Å²) in [7, 11) is 0. The molecule has 10 heteroatoms. The third-order valence-corrected chi connectivity index (χ3v) is 4.29. The summed E-state index contributed by atoms with van der Waals surface area (Å²) in [6.07, 6.45) is 3.60. The van der Waals surface area contributed by atoms with Crippen molar-refractivity contribution in [2.24, 2.45) is 0 Å². The maximum Gasteiger partial charge on any atom is 0.327 e. The molecule has 26 heavy (non-hydrogen) atoms. The van der Waals surface area contributed by atoms with Crippen LogP contribution >= 0.6 is 0 Å². The van der Waals surface area contributed by atoms with Crippen molar-refractivity contribution in [1.29, 1.82) is 0 Å². The topological polar surface area (TPSA) is 134 Å². The molecular formula is C16H19N5O5. The van der Waals surface area contributed by atoms with E-state index in [1.165, 1.54) is 18.2 Å². The second-order valence-corrected chi connectivity index (χ2v) is 6.31. The number of benzene rings is 1. The number of carbonyl (C=O) groups excluding carboxylic acids is 3. The third kappa shape index (κ3) is 4.08. The average molecular weight is 361 g/mol. The number of nitro benzene ring substituents is 1. The second-order valence-electron chi connectivity index (χ2n) is 6.31. The van der Waals surface area contributed by atoms with Gasteiger partial charge in [-0.25, -0.2) is 0 Å². The fourth-order valence-electron chi connectivity index (χ4n) is 2.77. The van der Waals surface area contributed by atoms with Gasteiger partial charge in [0, 0.05) is 31.3 Å². The van der Waals surface area contributed by atoms with Crippen LogP contribution in [0, 0.1) is 10.1 Å². The molecular weight excluding hydrogens is 342 g/mol. The van der Waals surface area contributed by atoms with E-state index in [2.05, 4.69) is 10.7 Å². The predicted octanol–water partition coefficient (Wildman–Crippen LogP) is 0.235. The molecule has 138 valence electrons. The molecule has 2 fully saturated rings. The Morgan fingerprint density at radius 1 is 1.08 bits per heavy atom. The number of hydrogen-bond donors (Lipinski definition) is 3. The standard InChI is InChI=1S/C16H19N5O5/c22-14(18-19-16(24)15(23)17-10-3-4-10)12-9-11(21(25)26)5-6-13(12)20-7-1-2-8-20/h5-6,9-10H,1-4,7-8H2,(H,17,23)(H,18,22)(H,19,24). The van der Waals surface area contributed by atoms with Gasteiger partial charge in [0.25, 0.3) is 11.6 Å². The van der Waals surface area contributed by atoms with Crippen molar-refractivity contribution in [3.05, 3.63) is 33.9 Å². The Hall–Kier alpha value is -3.17. The zero-order valence-electron chi connectivity index (χ0n) is 14.0. The Morgan fingerprint density at radius 3 is 2.38 bits per heavy atom. The summed E-state index contributed by atoms with van der Waals surface area (Å²) >= 11 is 0. The largest absolute Gasteiger partial charge is 0.371 e. The molecule has 0 aromatic heterocycles. The summed E-state index contributed by atoms with van der Waals surface area (Å²) in [5, 5.41) is 13.5. The van der Waals surface area contributed by atoms with E-state index < -0.39 is 22.6 Å². The predicted molar refractivity (Wildman–Crippen MR) is 91.3 cm³/mol. The Labute approximate surface area is 149 Å². The summed E-state index contributed by atoms with van der Waals surface area (Å²) in [5.74, 6) is -2.53. The molecule has 0 atom stereocenters. The first kappa shape index (κ1) is 17.6. The molecule has 1 aliphatic carbocycles. The number of nitrogens with one attached hydrogen (secondary N) is 3. The highest BCUT2D eigenvalue weighted by atomic mass is 16.6. The first-order chi connectivity index (χ1) is 12.5. The highest BCUT2D eigenvalue weighted by Gasteiger charge is 2.27. The van der Waals surface area contributed by atoms with Crippen LogP contribution in [0.25, 0.3) is 0 Å². The minimum absolute atomic E-state index is 0.0162. The molecule has 0 spiro atoms. The lowest BCUT2D eigenvalue weighted by Crippen LogP contribution is -2.49. The van der Waals surface area contributed by atoms with Gasteiger partial charge in [0.1, 0.15) is 0 Å². The Bertz CT molecular complexity index is 755. The maximum atomic E-state index is 12.5. The van der Waals surface area contributed by atoms with E-state index in [4.69, 9.17) is 0 Å². The van der Waals surface area contributed by atoms with E-state index in [0.29, 0.717) is 5.69 Å². The van der Waals surface area contributed by atoms with Crippen LogP contribution in [-0.2, 0) is 9.59 Å². The molecule has 0 radical (unpaired) electrons. The maximum absolute atomic E-state index is 12.5. The molecule has 1 aliphatic heterocycles. The van der Waals surface area contributed by atoms with Crippen LogP contribution < -0.4 is 21.1 Å². The number of carbonyl (C=O) groups is 3. The van der Waals surface area contributed by atoms with Crippen LogP contribution in [0.2, 0.25) is 0 Å². The van der Waals surface area contributed by atoms with Gasteiger partial charge in [-0.2, -0.15) is 0 Å². The zero-order chi connectivity index (χ0) is 18.7. The van der Waals surface area contributed by atoms with E-state index in [1.807, 2.05) is 10.3 Å². The number of anilines is 1. The Morgan fingerprint density at radius 2 is 1.77 bits per heavy atom. The lowest BCUT2D eigenvalue weighted by molar-refractivity contribution is -0.384. The van der Waals surface area contributed by atoms with Crippen LogP contribution in [-0.4, -0.2) is 41.8 Å². The van der Waals surface area contributed by atoms with Gasteiger partial charge in [-0.15, -0.1) is 0 Å². The normalized spacial score (nSPS) is 16.1. The number of hydrazine groups is 1. The fourth-order valence-corrected chi connectivity index (χ4v) is 2.77. The highest BCUT2D eigenvalue weighted by Crippen LogP contribution is 2.28. The number of hydrogen-bond acceptors (Lipinski definition) is 6. The van der Waals surface area contributed by atoms with Gasteiger partial charge in [-0.1, -0.05) is 0 Å². The monoisotopic (exact) mass is 361 g/mol. The smallest absolute Gasteiger partial charge is 0.327 e. The number of non-ortho nitro benzene ring substituents is 1. The van der Waals surface area contributed by atoms with E-state index in [9.17, 15) is 24.5 Å². The van der Waals surface area contributed by atoms with Crippen LogP contribution in [0.15, 0.2) is 18.2 Å². The van der Waals surface area contributed by atoms with Crippen molar-refractivity contribution in [3.8, 4) is 0 Å². The summed E-state index contributed by atoms with van der Waals surface area (Å²) in [6.45, 7) is 1.49. The molecule has 0 bridgehead atoms. The minimum atomic E-state index is -0.988. The van der Waals surface area contributed by atoms with Crippen LogP contribution in [0.3, 0.4) is 0 Å². The SMILES string of the molecule is O=C(NNC(=O)c1cc([N+](=O)[O-])ccc1N1CCCC1)C(=O)NC1CC1. The van der Waals surface area contributed by atoms with Gasteiger partial charge in [0.15, 0.2) is 0 Å². The summed E-state index contributed by atoms with van der Waals surface area (Å²) in [5.41, 5.74) is 4.60. The molecule has 10 nitrogen and oxygen atoms in total. The molecule has 1 aromatic carbocycles. The molecule has 1 saturated heterocycles. The molecule has 2 aliphatic rings. The van der Waals surface area contributed by atoms with E-state index in [0.717, 1.165) is 38.8 Å². The van der Waals surface area contributed by atoms with Crippen molar-refractivity contribution < 1.29 is 19.3 Å². The van der Waals surface area contributed by atoms with Crippen molar-refractivity contribution in [1.82, 2.24) is 16.2 Å². The van der Waals surface area contributed by atoms with Gasteiger partial charge in [-0.05, 0) is 31.7 Å². The number of amides is 3. The lowest BCUT2D eigenvalue weighted by Gasteiger charge is -2.20. The van der Waals surface area contributed by atoms with Crippen LogP contribution in [0.1, 0.15) is 36.0 Å². The number of rotatable bonds is 4. The van der Waals surface area contributed by atoms with Crippen molar-refractivity contribution in [2.45, 2.75) is 31.7 Å². The van der Waals surface area contributed by atoms with Crippen LogP contribution in [0.4, 0.5) is 11.4 Å². The average Bonchev–Trinajstić information content (AvgIpc) is 3.27.